The molecule has 4 rings (SSSR count). The highest BCUT2D eigenvalue weighted by Gasteiger charge is 2.35. The number of ether oxygens (including phenoxy) is 1. The third-order valence-corrected chi connectivity index (χ3v) is 5.02. The molecule has 132 valence electrons. The van der Waals surface area contributed by atoms with E-state index in [-0.39, 0.29) is 29.7 Å². The first-order chi connectivity index (χ1) is 12.1. The molecule has 0 spiro atoms. The van der Waals surface area contributed by atoms with E-state index in [1.807, 2.05) is 12.1 Å². The number of hydrogen-bond acceptors (Lipinski definition) is 4. The number of benzene rings is 1. The molecule has 0 saturated carbocycles. The normalized spacial score (nSPS) is 26.4. The van der Waals surface area contributed by atoms with Crippen molar-refractivity contribution in [2.45, 2.75) is 18.9 Å². The predicted molar refractivity (Wildman–Crippen MR) is 90.2 cm³/mol. The van der Waals surface area contributed by atoms with Gasteiger partial charge in [0.15, 0.2) is 0 Å². The van der Waals surface area contributed by atoms with E-state index in [1.165, 1.54) is 0 Å². The monoisotopic (exact) mass is 343 g/mol. The molecule has 7 nitrogen and oxygen atoms in total. The van der Waals surface area contributed by atoms with E-state index >= 15 is 0 Å². The average Bonchev–Trinajstić information content (AvgIpc) is 2.86. The lowest BCUT2D eigenvalue weighted by atomic mass is 10.1. The van der Waals surface area contributed by atoms with Crippen LogP contribution < -0.4 is 10.2 Å². The molecule has 3 fully saturated rings. The number of fused-ring (bicyclic) bond motifs is 3. The van der Waals surface area contributed by atoms with Crippen LogP contribution in [0.2, 0.25) is 0 Å². The van der Waals surface area contributed by atoms with Crippen molar-refractivity contribution in [3.8, 4) is 0 Å². The van der Waals surface area contributed by atoms with E-state index in [9.17, 15) is 14.4 Å². The number of carbonyl (C=O) groups excluding carboxylic acids is 3. The molecular weight excluding hydrogens is 322 g/mol. The van der Waals surface area contributed by atoms with Gasteiger partial charge in [-0.15, -0.1) is 0 Å². The van der Waals surface area contributed by atoms with Crippen LogP contribution in [0.3, 0.4) is 0 Å². The summed E-state index contributed by atoms with van der Waals surface area (Å²) >= 11 is 0. The summed E-state index contributed by atoms with van der Waals surface area (Å²) in [5.74, 6) is -0.324. The number of rotatable bonds is 2. The summed E-state index contributed by atoms with van der Waals surface area (Å²) in [6.45, 7) is 2.33. The van der Waals surface area contributed by atoms with Crippen molar-refractivity contribution in [3.63, 3.8) is 0 Å². The Balaban J connectivity index is 1.50. The Morgan fingerprint density at radius 1 is 1.12 bits per heavy atom. The lowest BCUT2D eigenvalue weighted by Crippen LogP contribution is -2.44. The topological polar surface area (TPSA) is 79.0 Å². The second kappa shape index (κ2) is 6.48. The fourth-order valence-electron chi connectivity index (χ4n) is 3.68. The van der Waals surface area contributed by atoms with Crippen molar-refractivity contribution in [1.29, 1.82) is 0 Å². The van der Waals surface area contributed by atoms with Gasteiger partial charge in [-0.25, -0.2) is 0 Å². The summed E-state index contributed by atoms with van der Waals surface area (Å²) in [5, 5.41) is 2.93. The summed E-state index contributed by atoms with van der Waals surface area (Å²) in [5.41, 5.74) is 1.40. The molecule has 1 aromatic rings. The van der Waals surface area contributed by atoms with Crippen molar-refractivity contribution in [2.75, 3.05) is 37.7 Å². The minimum atomic E-state index is -0.321. The van der Waals surface area contributed by atoms with Gasteiger partial charge in [0.1, 0.15) is 0 Å². The minimum Gasteiger partial charge on any atom is -0.378 e. The van der Waals surface area contributed by atoms with E-state index in [0.717, 1.165) is 18.7 Å². The number of hydrogen-bond donors (Lipinski definition) is 1. The molecule has 0 aromatic heterocycles. The Morgan fingerprint density at radius 3 is 2.64 bits per heavy atom. The maximum atomic E-state index is 12.9. The van der Waals surface area contributed by atoms with Crippen LogP contribution in [0.5, 0.6) is 0 Å². The van der Waals surface area contributed by atoms with E-state index < -0.39 is 0 Å². The summed E-state index contributed by atoms with van der Waals surface area (Å²) < 4.78 is 5.49. The zero-order valence-electron chi connectivity index (χ0n) is 13.9. The molecule has 7 heteroatoms. The molecule has 0 radical (unpaired) electrons. The molecule has 3 amide bonds. The van der Waals surface area contributed by atoms with Crippen LogP contribution in [-0.2, 0) is 14.3 Å². The maximum Gasteiger partial charge on any atom is 0.253 e. The summed E-state index contributed by atoms with van der Waals surface area (Å²) in [4.78, 5) is 40.2. The second-order valence-corrected chi connectivity index (χ2v) is 6.85. The van der Waals surface area contributed by atoms with E-state index in [4.69, 9.17) is 4.74 Å². The van der Waals surface area contributed by atoms with Gasteiger partial charge >= 0.3 is 0 Å². The van der Waals surface area contributed by atoms with Crippen molar-refractivity contribution in [1.82, 2.24) is 10.2 Å². The number of nitrogens with one attached hydrogen (secondary N) is 1. The third kappa shape index (κ3) is 3.11. The average molecular weight is 343 g/mol. The molecule has 3 aliphatic heterocycles. The SMILES string of the molecule is O=C1N[C@@H]2COC[C@H]1CN(C(=O)c1ccc(N3CCCC3=O)cc1)C2. The van der Waals surface area contributed by atoms with Crippen molar-refractivity contribution < 1.29 is 19.1 Å². The highest BCUT2D eigenvalue weighted by molar-refractivity contribution is 5.98. The highest BCUT2D eigenvalue weighted by Crippen LogP contribution is 2.23. The fraction of sp³-hybridized carbons (Fsp3) is 0.500. The summed E-state index contributed by atoms with van der Waals surface area (Å²) in [6, 6.07) is 7.00. The molecule has 2 atom stereocenters. The van der Waals surface area contributed by atoms with Gasteiger partial charge in [-0.05, 0) is 30.7 Å². The van der Waals surface area contributed by atoms with Crippen molar-refractivity contribution >= 4 is 23.4 Å². The zero-order valence-corrected chi connectivity index (χ0v) is 13.9. The predicted octanol–water partition coefficient (Wildman–Crippen LogP) is 0.400. The smallest absolute Gasteiger partial charge is 0.253 e. The van der Waals surface area contributed by atoms with Gasteiger partial charge in [-0.2, -0.15) is 0 Å². The summed E-state index contributed by atoms with van der Waals surface area (Å²) in [7, 11) is 0. The molecule has 1 aromatic carbocycles. The number of nitrogens with zero attached hydrogens (tertiary/aromatic N) is 2. The molecule has 0 unspecified atom stereocenters. The lowest BCUT2D eigenvalue weighted by Gasteiger charge is -2.28. The van der Waals surface area contributed by atoms with Crippen molar-refractivity contribution in [3.05, 3.63) is 29.8 Å². The van der Waals surface area contributed by atoms with Crippen LogP contribution in [-0.4, -0.2) is 61.5 Å². The van der Waals surface area contributed by atoms with Crippen LogP contribution in [0.25, 0.3) is 0 Å². The first-order valence-electron chi connectivity index (χ1n) is 8.69. The third-order valence-electron chi connectivity index (χ3n) is 5.02. The molecule has 25 heavy (non-hydrogen) atoms. The van der Waals surface area contributed by atoms with Gasteiger partial charge in [0.05, 0.1) is 25.2 Å². The first kappa shape index (κ1) is 16.1. The highest BCUT2D eigenvalue weighted by atomic mass is 16.5. The van der Waals surface area contributed by atoms with Crippen LogP contribution in [0.4, 0.5) is 5.69 Å². The van der Waals surface area contributed by atoms with Gasteiger partial charge in [0.25, 0.3) is 5.91 Å². The Kier molecular flexibility index (Phi) is 4.17. The number of carbonyl (C=O) groups is 3. The van der Waals surface area contributed by atoms with E-state index in [1.54, 1.807) is 21.9 Å². The number of anilines is 1. The van der Waals surface area contributed by atoms with Gasteiger partial charge in [0, 0.05) is 37.3 Å². The van der Waals surface area contributed by atoms with Crippen LogP contribution in [0, 0.1) is 5.92 Å². The van der Waals surface area contributed by atoms with Crippen LogP contribution in [0.1, 0.15) is 23.2 Å². The van der Waals surface area contributed by atoms with E-state index in [0.29, 0.717) is 38.3 Å². The standard InChI is InChI=1S/C18H21N3O4/c22-16-2-1-7-21(16)15-5-3-12(4-6-15)18(24)20-8-13-10-25-11-14(9-20)19-17(13)23/h3-6,13-14H,1-2,7-11H2,(H,19,23)/t13-,14+/m1/s1. The second-order valence-electron chi connectivity index (χ2n) is 6.85. The molecule has 0 aliphatic carbocycles. The Morgan fingerprint density at radius 2 is 1.92 bits per heavy atom. The van der Waals surface area contributed by atoms with Gasteiger partial charge in [-0.1, -0.05) is 0 Å². The zero-order chi connectivity index (χ0) is 17.4. The van der Waals surface area contributed by atoms with E-state index in [2.05, 4.69) is 5.32 Å². The Bertz CT molecular complexity index is 703. The van der Waals surface area contributed by atoms with Crippen LogP contribution >= 0.6 is 0 Å². The lowest BCUT2D eigenvalue weighted by molar-refractivity contribution is -0.125. The molecule has 1 N–H and O–H groups in total. The quantitative estimate of drug-likeness (QED) is 0.843. The van der Waals surface area contributed by atoms with Crippen LogP contribution in [0.15, 0.2) is 24.3 Å². The van der Waals surface area contributed by atoms with Gasteiger partial charge in [-0.3, -0.25) is 14.4 Å². The molecule has 3 aliphatic rings. The first-order valence-corrected chi connectivity index (χ1v) is 8.69. The fourth-order valence-corrected chi connectivity index (χ4v) is 3.68. The minimum absolute atomic E-state index is 0.0410. The molecule has 3 saturated heterocycles. The van der Waals surface area contributed by atoms with Gasteiger partial charge < -0.3 is 19.9 Å². The molecular formula is C18H21N3O4. The number of amides is 3. The van der Waals surface area contributed by atoms with Crippen molar-refractivity contribution in [2.24, 2.45) is 5.92 Å². The molecule has 3 heterocycles. The Labute approximate surface area is 145 Å². The largest absolute Gasteiger partial charge is 0.378 e. The maximum absolute atomic E-state index is 12.9. The molecule has 2 bridgehead atoms. The Hall–Kier alpha value is -2.41. The summed E-state index contributed by atoms with van der Waals surface area (Å²) in [6.07, 6.45) is 1.46. The van der Waals surface area contributed by atoms with Gasteiger partial charge in [0.2, 0.25) is 11.8 Å².